The molecule has 7 nitrogen and oxygen atoms in total. The van der Waals surface area contributed by atoms with Crippen molar-refractivity contribution in [2.24, 2.45) is 0 Å². The normalized spacial score (nSPS) is 11.8. The lowest BCUT2D eigenvalue weighted by atomic mass is 10.2. The maximum absolute atomic E-state index is 12.5. The zero-order chi connectivity index (χ0) is 21.9. The molecule has 0 unspecified atom stereocenters. The van der Waals surface area contributed by atoms with Crippen LogP contribution in [0, 0.1) is 0 Å². The van der Waals surface area contributed by atoms with Gasteiger partial charge in [0.2, 0.25) is 5.89 Å². The van der Waals surface area contributed by atoms with E-state index in [1.54, 1.807) is 43.8 Å². The smallest absolute Gasteiger partial charge is 0.322 e. The molecule has 0 fully saturated rings. The van der Waals surface area contributed by atoms with E-state index in [0.29, 0.717) is 16.4 Å². The van der Waals surface area contributed by atoms with Crippen LogP contribution in [0.2, 0.25) is 0 Å². The molecule has 3 aromatic rings. The number of nitrogens with one attached hydrogen (secondary N) is 1. The number of carbonyl (C=O) groups is 1. The molecule has 0 aliphatic heterocycles. The first-order valence-electron chi connectivity index (χ1n) is 9.42. The van der Waals surface area contributed by atoms with Crippen molar-refractivity contribution in [2.75, 3.05) is 5.32 Å². The van der Waals surface area contributed by atoms with Gasteiger partial charge in [0.15, 0.2) is 9.84 Å². The van der Waals surface area contributed by atoms with Gasteiger partial charge in [-0.05, 0) is 56.3 Å². The minimum absolute atomic E-state index is 0.0317. The topological polar surface area (TPSA) is 102 Å². The highest BCUT2D eigenvalue weighted by atomic mass is 32.2. The van der Waals surface area contributed by atoms with Crippen LogP contribution in [-0.2, 0) is 9.84 Å². The molecule has 0 saturated heterocycles. The number of aromatic nitrogens is 2. The molecule has 3 rings (SSSR count). The zero-order valence-corrected chi connectivity index (χ0v) is 18.8. The van der Waals surface area contributed by atoms with Crippen LogP contribution < -0.4 is 5.32 Å². The molecule has 2 aromatic carbocycles. The predicted molar refractivity (Wildman–Crippen MR) is 117 cm³/mol. The van der Waals surface area contributed by atoms with Crippen molar-refractivity contribution >= 4 is 33.5 Å². The molecular formula is C21H23N3O4S2. The zero-order valence-electron chi connectivity index (χ0n) is 17.1. The number of thioether (sulfide) groups is 1. The Hall–Kier alpha value is -2.65. The summed E-state index contributed by atoms with van der Waals surface area (Å²) in [5.41, 5.74) is 1.05. The van der Waals surface area contributed by atoms with E-state index in [4.69, 9.17) is 4.42 Å². The first-order chi connectivity index (χ1) is 14.2. The Balaban J connectivity index is 1.73. The summed E-state index contributed by atoms with van der Waals surface area (Å²) in [7, 11) is -3.35. The summed E-state index contributed by atoms with van der Waals surface area (Å²) in [5.74, 6) is -0.169. The Morgan fingerprint density at radius 2 is 1.73 bits per heavy atom. The number of benzene rings is 2. The second-order valence-electron chi connectivity index (χ2n) is 7.18. The van der Waals surface area contributed by atoms with Crippen LogP contribution in [0.25, 0.3) is 11.5 Å². The van der Waals surface area contributed by atoms with Gasteiger partial charge >= 0.3 is 6.01 Å². The minimum atomic E-state index is -3.35. The fraction of sp³-hybridized carbons (Fsp3) is 0.286. The largest absolute Gasteiger partial charge is 0.403 e. The molecular weight excluding hydrogens is 422 g/mol. The van der Waals surface area contributed by atoms with E-state index in [2.05, 4.69) is 29.4 Å². The number of anilines is 1. The van der Waals surface area contributed by atoms with Crippen molar-refractivity contribution in [1.29, 1.82) is 0 Å². The van der Waals surface area contributed by atoms with Crippen molar-refractivity contribution in [3.63, 3.8) is 0 Å². The van der Waals surface area contributed by atoms with E-state index in [0.717, 1.165) is 4.90 Å². The van der Waals surface area contributed by atoms with E-state index >= 15 is 0 Å². The summed E-state index contributed by atoms with van der Waals surface area (Å²) in [6, 6.07) is 13.5. The fourth-order valence-corrected chi connectivity index (χ4v) is 4.56. The van der Waals surface area contributed by atoms with Crippen LogP contribution in [-0.4, -0.2) is 35.0 Å². The average Bonchev–Trinajstić information content (AvgIpc) is 3.16. The van der Waals surface area contributed by atoms with Crippen LogP contribution in [0.4, 0.5) is 6.01 Å². The first kappa shape index (κ1) is 22.0. The lowest BCUT2D eigenvalue weighted by Gasteiger charge is -2.07. The van der Waals surface area contributed by atoms with Crippen LogP contribution in [0.1, 0.15) is 38.1 Å². The fourth-order valence-electron chi connectivity index (χ4n) is 2.60. The quantitative estimate of drug-likeness (QED) is 0.527. The van der Waals surface area contributed by atoms with Crippen LogP contribution >= 0.6 is 11.8 Å². The molecule has 0 spiro atoms. The van der Waals surface area contributed by atoms with Crippen LogP contribution in [0.3, 0.4) is 0 Å². The highest BCUT2D eigenvalue weighted by molar-refractivity contribution is 7.99. The standard InChI is InChI=1S/C21H23N3O4S2/c1-13(2)29-17-7-5-6-16(12-17)19(25)22-21-24-23-20(28-21)15-8-10-18(11-9-15)30(26,27)14(3)4/h5-14H,1-4H3,(H,22,24,25). The number of rotatable bonds is 7. The van der Waals surface area contributed by atoms with E-state index in [9.17, 15) is 13.2 Å². The Morgan fingerprint density at radius 1 is 1.03 bits per heavy atom. The average molecular weight is 446 g/mol. The number of hydrogen-bond donors (Lipinski definition) is 1. The van der Waals surface area contributed by atoms with Gasteiger partial charge in [0.25, 0.3) is 5.91 Å². The lowest BCUT2D eigenvalue weighted by Crippen LogP contribution is -2.13. The highest BCUT2D eigenvalue weighted by Gasteiger charge is 2.20. The summed E-state index contributed by atoms with van der Waals surface area (Å²) in [4.78, 5) is 13.7. The number of sulfone groups is 1. The number of carbonyl (C=O) groups excluding carboxylic acids is 1. The number of amides is 1. The number of hydrogen-bond acceptors (Lipinski definition) is 7. The van der Waals surface area contributed by atoms with Gasteiger partial charge in [-0.15, -0.1) is 16.9 Å². The molecule has 9 heteroatoms. The maximum Gasteiger partial charge on any atom is 0.322 e. The Bertz CT molecular complexity index is 1140. The van der Waals surface area contributed by atoms with Gasteiger partial charge in [-0.3, -0.25) is 10.1 Å². The molecule has 1 aromatic heterocycles. The molecule has 30 heavy (non-hydrogen) atoms. The van der Waals surface area contributed by atoms with Crippen molar-refractivity contribution in [1.82, 2.24) is 10.2 Å². The molecule has 158 valence electrons. The molecule has 1 heterocycles. The third-order valence-corrected chi connectivity index (χ3v) is 7.33. The summed E-state index contributed by atoms with van der Waals surface area (Å²) >= 11 is 1.67. The van der Waals surface area contributed by atoms with E-state index < -0.39 is 15.1 Å². The first-order valence-corrected chi connectivity index (χ1v) is 11.9. The Morgan fingerprint density at radius 3 is 2.37 bits per heavy atom. The molecule has 0 radical (unpaired) electrons. The molecule has 0 bridgehead atoms. The second kappa shape index (κ2) is 9.01. The molecule has 0 saturated carbocycles. The molecule has 1 N–H and O–H groups in total. The van der Waals surface area contributed by atoms with Crippen molar-refractivity contribution in [3.05, 3.63) is 54.1 Å². The Labute approximate surface area is 180 Å². The van der Waals surface area contributed by atoms with E-state index in [1.165, 1.54) is 12.1 Å². The molecule has 0 atom stereocenters. The lowest BCUT2D eigenvalue weighted by molar-refractivity contribution is 0.102. The molecule has 0 aliphatic rings. The highest BCUT2D eigenvalue weighted by Crippen LogP contribution is 2.25. The van der Waals surface area contributed by atoms with Gasteiger partial charge in [-0.1, -0.05) is 25.0 Å². The van der Waals surface area contributed by atoms with Gasteiger partial charge in [-0.25, -0.2) is 8.42 Å². The van der Waals surface area contributed by atoms with Crippen molar-refractivity contribution in [2.45, 2.75) is 48.0 Å². The van der Waals surface area contributed by atoms with Gasteiger partial charge in [0.1, 0.15) is 0 Å². The van der Waals surface area contributed by atoms with Crippen LogP contribution in [0.15, 0.2) is 62.7 Å². The second-order valence-corrected chi connectivity index (χ2v) is 11.3. The van der Waals surface area contributed by atoms with Gasteiger partial charge in [0.05, 0.1) is 10.1 Å². The van der Waals surface area contributed by atoms with Gasteiger partial charge in [-0.2, -0.15) is 0 Å². The Kier molecular flexibility index (Phi) is 6.62. The van der Waals surface area contributed by atoms with Crippen molar-refractivity contribution < 1.29 is 17.6 Å². The monoisotopic (exact) mass is 445 g/mol. The van der Waals surface area contributed by atoms with Gasteiger partial charge < -0.3 is 4.42 Å². The summed E-state index contributed by atoms with van der Waals surface area (Å²) in [6.07, 6.45) is 0. The predicted octanol–water partition coefficient (Wildman–Crippen LogP) is 4.67. The molecule has 1 amide bonds. The summed E-state index contributed by atoms with van der Waals surface area (Å²) in [5, 5.41) is 10.3. The minimum Gasteiger partial charge on any atom is -0.403 e. The maximum atomic E-state index is 12.5. The van der Waals surface area contributed by atoms with Crippen molar-refractivity contribution in [3.8, 4) is 11.5 Å². The summed E-state index contributed by atoms with van der Waals surface area (Å²) in [6.45, 7) is 7.44. The summed E-state index contributed by atoms with van der Waals surface area (Å²) < 4.78 is 30.0. The third kappa shape index (κ3) is 5.09. The SMILES string of the molecule is CC(C)Sc1cccc(C(=O)Nc2nnc(-c3ccc(S(=O)(=O)C(C)C)cc3)o2)c1. The van der Waals surface area contributed by atoms with Gasteiger partial charge in [0, 0.05) is 21.3 Å². The number of nitrogens with zero attached hydrogens (tertiary/aromatic N) is 2. The van der Waals surface area contributed by atoms with E-state index in [-0.39, 0.29) is 22.7 Å². The molecule has 0 aliphatic carbocycles. The van der Waals surface area contributed by atoms with E-state index in [1.807, 2.05) is 18.2 Å². The van der Waals surface area contributed by atoms with Crippen LogP contribution in [0.5, 0.6) is 0 Å². The third-order valence-electron chi connectivity index (χ3n) is 4.16.